The fraction of sp³-hybridized carbons (Fsp3) is 0.545. The standard InChI is InChI=1S/C22H33N3O3/c1-6-12-25(21(26)7-2)14-18-9-8-13-24(18)15-19-10-11-20(28-19)22(27)23-17(5)16(3)4/h8-11,13,16-17H,6-7,12,14-15H2,1-5H3,(H,23,27)/t17-/m1/s1. The van der Waals surface area contributed by atoms with Crippen LogP contribution in [0.3, 0.4) is 0 Å². The molecule has 0 aliphatic heterocycles. The summed E-state index contributed by atoms with van der Waals surface area (Å²) < 4.78 is 7.82. The first-order chi connectivity index (χ1) is 13.3. The third-order valence-electron chi connectivity index (χ3n) is 5.00. The zero-order valence-electron chi connectivity index (χ0n) is 17.7. The van der Waals surface area contributed by atoms with Gasteiger partial charge in [-0.15, -0.1) is 0 Å². The van der Waals surface area contributed by atoms with Gasteiger partial charge >= 0.3 is 0 Å². The number of carbonyl (C=O) groups is 2. The molecule has 0 radical (unpaired) electrons. The van der Waals surface area contributed by atoms with Gasteiger partial charge in [0, 0.05) is 30.9 Å². The van der Waals surface area contributed by atoms with Gasteiger partial charge in [0.25, 0.3) is 5.91 Å². The highest BCUT2D eigenvalue weighted by molar-refractivity contribution is 5.91. The summed E-state index contributed by atoms with van der Waals surface area (Å²) in [6.45, 7) is 11.9. The summed E-state index contributed by atoms with van der Waals surface area (Å²) in [5.41, 5.74) is 1.05. The Balaban J connectivity index is 2.06. The third-order valence-corrected chi connectivity index (χ3v) is 5.00. The molecule has 0 unspecified atom stereocenters. The van der Waals surface area contributed by atoms with Crippen molar-refractivity contribution < 1.29 is 14.0 Å². The second-order valence-electron chi connectivity index (χ2n) is 7.57. The van der Waals surface area contributed by atoms with Crippen LogP contribution in [0, 0.1) is 5.92 Å². The molecule has 28 heavy (non-hydrogen) atoms. The lowest BCUT2D eigenvalue weighted by molar-refractivity contribution is -0.131. The van der Waals surface area contributed by atoms with Crippen molar-refractivity contribution in [3.63, 3.8) is 0 Å². The number of hydrogen-bond acceptors (Lipinski definition) is 3. The molecule has 0 aliphatic rings. The number of furan rings is 1. The Morgan fingerprint density at radius 2 is 1.93 bits per heavy atom. The van der Waals surface area contributed by atoms with E-state index < -0.39 is 0 Å². The summed E-state index contributed by atoms with van der Waals surface area (Å²) in [6.07, 6.45) is 3.41. The van der Waals surface area contributed by atoms with Crippen molar-refractivity contribution in [1.82, 2.24) is 14.8 Å². The van der Waals surface area contributed by atoms with Crippen LogP contribution in [0.15, 0.2) is 34.9 Å². The SMILES string of the molecule is CCCN(Cc1cccn1Cc1ccc(C(=O)N[C@H](C)C(C)C)o1)C(=O)CC. The van der Waals surface area contributed by atoms with Crippen molar-refractivity contribution in [3.8, 4) is 0 Å². The summed E-state index contributed by atoms with van der Waals surface area (Å²) in [7, 11) is 0. The van der Waals surface area contributed by atoms with Crippen molar-refractivity contribution in [2.75, 3.05) is 6.54 Å². The minimum Gasteiger partial charge on any atom is -0.454 e. The van der Waals surface area contributed by atoms with Crippen molar-refractivity contribution in [3.05, 3.63) is 47.7 Å². The zero-order chi connectivity index (χ0) is 20.7. The lowest BCUT2D eigenvalue weighted by Crippen LogP contribution is -2.35. The lowest BCUT2D eigenvalue weighted by Gasteiger charge is -2.22. The van der Waals surface area contributed by atoms with E-state index in [4.69, 9.17) is 4.42 Å². The van der Waals surface area contributed by atoms with Crippen LogP contribution >= 0.6 is 0 Å². The minimum absolute atomic E-state index is 0.0813. The molecule has 0 spiro atoms. The molecule has 1 atom stereocenters. The fourth-order valence-electron chi connectivity index (χ4n) is 2.93. The van der Waals surface area contributed by atoms with E-state index >= 15 is 0 Å². The third kappa shape index (κ3) is 5.75. The normalized spacial score (nSPS) is 12.2. The van der Waals surface area contributed by atoms with Gasteiger partial charge < -0.3 is 19.2 Å². The smallest absolute Gasteiger partial charge is 0.287 e. The molecule has 0 aliphatic carbocycles. The number of amides is 2. The zero-order valence-corrected chi connectivity index (χ0v) is 17.7. The lowest BCUT2D eigenvalue weighted by atomic mass is 10.1. The number of hydrogen-bond donors (Lipinski definition) is 1. The maximum Gasteiger partial charge on any atom is 0.287 e. The minimum atomic E-state index is -0.192. The topological polar surface area (TPSA) is 67.5 Å². The largest absolute Gasteiger partial charge is 0.454 e. The van der Waals surface area contributed by atoms with Gasteiger partial charge in [0.1, 0.15) is 5.76 Å². The molecular formula is C22H33N3O3. The summed E-state index contributed by atoms with van der Waals surface area (Å²) in [5.74, 6) is 1.36. The molecule has 154 valence electrons. The first kappa shape index (κ1) is 21.8. The summed E-state index contributed by atoms with van der Waals surface area (Å²) >= 11 is 0. The van der Waals surface area contributed by atoms with Crippen LogP contribution in [0.25, 0.3) is 0 Å². The molecule has 1 N–H and O–H groups in total. The average Bonchev–Trinajstić information content (AvgIpc) is 3.30. The Morgan fingerprint density at radius 3 is 2.57 bits per heavy atom. The van der Waals surface area contributed by atoms with Crippen LogP contribution in [0.1, 0.15) is 69.5 Å². The molecule has 0 aromatic carbocycles. The Morgan fingerprint density at radius 1 is 1.18 bits per heavy atom. The molecule has 2 heterocycles. The Kier molecular flexibility index (Phi) is 7.91. The molecule has 2 amide bonds. The van der Waals surface area contributed by atoms with Gasteiger partial charge in [-0.05, 0) is 43.5 Å². The maximum atomic E-state index is 12.3. The van der Waals surface area contributed by atoms with Gasteiger partial charge in [-0.3, -0.25) is 9.59 Å². The average molecular weight is 388 g/mol. The molecule has 2 rings (SSSR count). The highest BCUT2D eigenvalue weighted by Crippen LogP contribution is 2.15. The highest BCUT2D eigenvalue weighted by Gasteiger charge is 2.17. The highest BCUT2D eigenvalue weighted by atomic mass is 16.4. The number of rotatable bonds is 10. The summed E-state index contributed by atoms with van der Waals surface area (Å²) in [6, 6.07) is 7.62. The van der Waals surface area contributed by atoms with E-state index in [1.807, 2.05) is 43.1 Å². The van der Waals surface area contributed by atoms with E-state index in [2.05, 4.69) is 30.7 Å². The molecule has 0 saturated carbocycles. The van der Waals surface area contributed by atoms with Crippen LogP contribution in [0.5, 0.6) is 0 Å². The predicted molar refractivity (Wildman–Crippen MR) is 110 cm³/mol. The van der Waals surface area contributed by atoms with E-state index in [0.29, 0.717) is 36.9 Å². The van der Waals surface area contributed by atoms with Gasteiger partial charge in [-0.1, -0.05) is 27.7 Å². The first-order valence-corrected chi connectivity index (χ1v) is 10.2. The van der Waals surface area contributed by atoms with E-state index in [1.54, 1.807) is 6.07 Å². The molecule has 0 fully saturated rings. The van der Waals surface area contributed by atoms with Crippen molar-refractivity contribution >= 4 is 11.8 Å². The fourth-order valence-corrected chi connectivity index (χ4v) is 2.93. The van der Waals surface area contributed by atoms with Crippen LogP contribution in [0.2, 0.25) is 0 Å². The van der Waals surface area contributed by atoms with Gasteiger partial charge in [-0.2, -0.15) is 0 Å². The van der Waals surface area contributed by atoms with E-state index in [0.717, 1.165) is 18.7 Å². The molecular weight excluding hydrogens is 354 g/mol. The van der Waals surface area contributed by atoms with Gasteiger partial charge in [0.2, 0.25) is 5.91 Å². The van der Waals surface area contributed by atoms with Crippen LogP contribution in [-0.4, -0.2) is 33.9 Å². The number of aromatic nitrogens is 1. The Bertz CT molecular complexity index is 776. The van der Waals surface area contributed by atoms with Crippen molar-refractivity contribution in [2.24, 2.45) is 5.92 Å². The molecule has 2 aromatic heterocycles. The second kappa shape index (κ2) is 10.2. The van der Waals surface area contributed by atoms with E-state index in [9.17, 15) is 9.59 Å². The maximum absolute atomic E-state index is 12.3. The van der Waals surface area contributed by atoms with Crippen molar-refractivity contribution in [1.29, 1.82) is 0 Å². The van der Waals surface area contributed by atoms with E-state index in [1.165, 1.54) is 0 Å². The second-order valence-corrected chi connectivity index (χ2v) is 7.57. The summed E-state index contributed by atoms with van der Waals surface area (Å²) in [5, 5.41) is 2.95. The molecule has 6 heteroatoms. The Hall–Kier alpha value is -2.50. The quantitative estimate of drug-likeness (QED) is 0.669. The van der Waals surface area contributed by atoms with Crippen LogP contribution in [-0.2, 0) is 17.9 Å². The van der Waals surface area contributed by atoms with Crippen LogP contribution < -0.4 is 5.32 Å². The molecule has 6 nitrogen and oxygen atoms in total. The molecule has 0 bridgehead atoms. The van der Waals surface area contributed by atoms with Gasteiger partial charge in [0.05, 0.1) is 13.1 Å². The number of nitrogens with one attached hydrogen (secondary N) is 1. The first-order valence-electron chi connectivity index (χ1n) is 10.2. The van der Waals surface area contributed by atoms with Gasteiger partial charge in [-0.25, -0.2) is 0 Å². The van der Waals surface area contributed by atoms with Gasteiger partial charge in [0.15, 0.2) is 5.76 Å². The molecule has 2 aromatic rings. The van der Waals surface area contributed by atoms with Crippen molar-refractivity contribution in [2.45, 2.75) is 66.6 Å². The molecule has 0 saturated heterocycles. The number of nitrogens with zero attached hydrogens (tertiary/aromatic N) is 2. The number of carbonyl (C=O) groups excluding carboxylic acids is 2. The predicted octanol–water partition coefficient (Wildman–Crippen LogP) is 4.05. The van der Waals surface area contributed by atoms with Crippen LogP contribution in [0.4, 0.5) is 0 Å². The summed E-state index contributed by atoms with van der Waals surface area (Å²) in [4.78, 5) is 26.4. The monoisotopic (exact) mass is 387 g/mol. The Labute approximate surface area is 167 Å². The van der Waals surface area contributed by atoms with E-state index in [-0.39, 0.29) is 17.9 Å².